The third-order valence-corrected chi connectivity index (χ3v) is 9.87. The molecule has 0 aliphatic carbocycles. The monoisotopic (exact) mass is 645 g/mol. The van der Waals surface area contributed by atoms with Crippen LogP contribution in [0.25, 0.3) is 10.9 Å². The molecular weight excluding hydrogens is 617 g/mol. The molecule has 1 aliphatic rings. The number of aromatic amines is 1. The number of ether oxygens (including phenoxy) is 2. The number of nitrogens with one attached hydrogen (secondary N) is 1. The number of rotatable bonds is 10. The summed E-state index contributed by atoms with van der Waals surface area (Å²) in [4.78, 5) is 39.4. The molecule has 0 radical (unpaired) electrons. The number of hydrogen-bond acceptors (Lipinski definition) is 6. The Labute approximate surface area is 269 Å². The lowest BCUT2D eigenvalue weighted by atomic mass is 9.86. The number of carbonyl (C=O) groups is 2. The van der Waals surface area contributed by atoms with Crippen molar-refractivity contribution in [1.82, 2.24) is 9.97 Å². The Morgan fingerprint density at radius 3 is 2.55 bits per heavy atom. The molecule has 1 N–H and O–H groups in total. The van der Waals surface area contributed by atoms with E-state index < -0.39 is 10.8 Å². The molecular formula is C34H29Cl2N3O4S. The number of Topliss-reactive ketones (excluding diaryl/α,β-unsaturated/α-hetero) is 1. The number of amides is 1. The van der Waals surface area contributed by atoms with Crippen LogP contribution in [-0.2, 0) is 16.0 Å². The van der Waals surface area contributed by atoms with Crippen molar-refractivity contribution in [2.24, 2.45) is 0 Å². The number of methoxy groups -OCH3 is 2. The van der Waals surface area contributed by atoms with Crippen LogP contribution in [0.4, 0.5) is 5.69 Å². The smallest absolute Gasteiger partial charge is 0.229 e. The number of carbonyl (C=O) groups excluding carboxylic acids is 2. The van der Waals surface area contributed by atoms with Crippen LogP contribution in [0.5, 0.6) is 11.5 Å². The maximum atomic E-state index is 14.7. The Balaban J connectivity index is 1.56. The largest absolute Gasteiger partial charge is 0.497 e. The minimum Gasteiger partial charge on any atom is -0.497 e. The van der Waals surface area contributed by atoms with E-state index >= 15 is 0 Å². The first-order valence-electron chi connectivity index (χ1n) is 14.0. The van der Waals surface area contributed by atoms with Gasteiger partial charge < -0.3 is 14.5 Å². The zero-order chi connectivity index (χ0) is 30.8. The first-order valence-corrected chi connectivity index (χ1v) is 15.6. The molecule has 2 atom stereocenters. The maximum absolute atomic E-state index is 14.7. The first kappa shape index (κ1) is 30.1. The average Bonchev–Trinajstić information content (AvgIpc) is 3.58. The molecule has 44 heavy (non-hydrogen) atoms. The number of ketones is 1. The van der Waals surface area contributed by atoms with Gasteiger partial charge in [0.15, 0.2) is 5.78 Å². The van der Waals surface area contributed by atoms with E-state index in [0.29, 0.717) is 33.7 Å². The zero-order valence-electron chi connectivity index (χ0n) is 24.1. The highest BCUT2D eigenvalue weighted by Crippen LogP contribution is 2.57. The van der Waals surface area contributed by atoms with Crippen molar-refractivity contribution in [1.29, 1.82) is 0 Å². The Kier molecular flexibility index (Phi) is 8.58. The van der Waals surface area contributed by atoms with Gasteiger partial charge in [-0.25, -0.2) is 0 Å². The molecule has 6 rings (SSSR count). The van der Waals surface area contributed by atoms with E-state index in [0.717, 1.165) is 27.1 Å². The lowest BCUT2D eigenvalue weighted by molar-refractivity contribution is -0.123. The number of halogens is 2. The highest BCUT2D eigenvalue weighted by atomic mass is 35.5. The van der Waals surface area contributed by atoms with Crippen LogP contribution < -0.4 is 14.4 Å². The topological polar surface area (TPSA) is 84.5 Å². The van der Waals surface area contributed by atoms with E-state index in [-0.39, 0.29) is 24.5 Å². The second kappa shape index (κ2) is 12.6. The number of H-pyrrole nitrogens is 1. The van der Waals surface area contributed by atoms with E-state index in [2.05, 4.69) is 9.97 Å². The molecule has 3 aromatic carbocycles. The van der Waals surface area contributed by atoms with Gasteiger partial charge in [0.1, 0.15) is 16.2 Å². The molecule has 1 aliphatic heterocycles. The normalized spacial score (nSPS) is 18.1. The van der Waals surface area contributed by atoms with Gasteiger partial charge in [-0.15, -0.1) is 11.8 Å². The molecule has 1 saturated heterocycles. The third-order valence-electron chi connectivity index (χ3n) is 7.92. The summed E-state index contributed by atoms with van der Waals surface area (Å²) in [6.45, 7) is 0. The van der Waals surface area contributed by atoms with Gasteiger partial charge in [0.25, 0.3) is 0 Å². The van der Waals surface area contributed by atoms with Crippen molar-refractivity contribution in [2.75, 3.05) is 19.1 Å². The minimum atomic E-state index is -1.21. The summed E-state index contributed by atoms with van der Waals surface area (Å²) in [5, 5.41) is 2.03. The summed E-state index contributed by atoms with van der Waals surface area (Å²) in [7, 11) is 3.12. The van der Waals surface area contributed by atoms with E-state index in [4.69, 9.17) is 32.7 Å². The second-order valence-electron chi connectivity index (χ2n) is 10.5. The highest BCUT2D eigenvalue weighted by molar-refractivity contribution is 8.01. The molecule has 0 bridgehead atoms. The van der Waals surface area contributed by atoms with Gasteiger partial charge in [0, 0.05) is 62.0 Å². The Hall–Kier alpha value is -3.98. The van der Waals surface area contributed by atoms with Gasteiger partial charge >= 0.3 is 0 Å². The fourth-order valence-corrected chi connectivity index (χ4v) is 7.61. The van der Waals surface area contributed by atoms with Crippen LogP contribution in [-0.4, -0.2) is 40.6 Å². The molecule has 2 aromatic heterocycles. The molecule has 7 nitrogen and oxygen atoms in total. The molecule has 0 spiro atoms. The highest BCUT2D eigenvalue weighted by Gasteiger charge is 2.58. The minimum absolute atomic E-state index is 0.0263. The summed E-state index contributed by atoms with van der Waals surface area (Å²) < 4.78 is 10.00. The van der Waals surface area contributed by atoms with Gasteiger partial charge in [-0.05, 0) is 67.1 Å². The SMILES string of the molecule is COc1ccc(N2C(=O)CC(Sc3ccc(Cl)cc3)(C(=O)CCc3ccccn3)C2c2c[nH]c3cc(Cl)ccc23)c(OC)c1. The van der Waals surface area contributed by atoms with Crippen LogP contribution in [0.15, 0.2) is 96.2 Å². The summed E-state index contributed by atoms with van der Waals surface area (Å²) in [5.41, 5.74) is 2.96. The Bertz CT molecular complexity index is 1830. The number of thioether (sulfide) groups is 1. The molecule has 3 heterocycles. The fourth-order valence-electron chi connectivity index (χ4n) is 5.87. The fraction of sp³-hybridized carbons (Fsp3) is 0.206. The maximum Gasteiger partial charge on any atom is 0.229 e. The van der Waals surface area contributed by atoms with E-state index in [9.17, 15) is 9.59 Å². The number of nitrogens with zero attached hydrogens (tertiary/aromatic N) is 2. The predicted octanol–water partition coefficient (Wildman–Crippen LogP) is 8.10. The lowest BCUT2D eigenvalue weighted by Gasteiger charge is -2.37. The van der Waals surface area contributed by atoms with Gasteiger partial charge in [0.2, 0.25) is 5.91 Å². The van der Waals surface area contributed by atoms with E-state index in [1.54, 1.807) is 55.6 Å². The van der Waals surface area contributed by atoms with Crippen molar-refractivity contribution in [3.8, 4) is 11.5 Å². The van der Waals surface area contributed by atoms with Crippen LogP contribution in [0, 0.1) is 0 Å². The summed E-state index contributed by atoms with van der Waals surface area (Å²) in [6, 6.07) is 23.2. The lowest BCUT2D eigenvalue weighted by Crippen LogP contribution is -2.42. The number of aromatic nitrogens is 2. The summed E-state index contributed by atoms with van der Waals surface area (Å²) in [6.07, 6.45) is 4.20. The van der Waals surface area contributed by atoms with Crippen LogP contribution in [0.3, 0.4) is 0 Å². The molecule has 2 unspecified atom stereocenters. The number of benzene rings is 3. The summed E-state index contributed by atoms with van der Waals surface area (Å²) >= 11 is 14.0. The van der Waals surface area contributed by atoms with E-state index in [1.165, 1.54) is 11.8 Å². The Morgan fingerprint density at radius 2 is 1.82 bits per heavy atom. The van der Waals surface area contributed by atoms with Gasteiger partial charge in [-0.2, -0.15) is 0 Å². The quantitative estimate of drug-likeness (QED) is 0.165. The van der Waals surface area contributed by atoms with E-state index in [1.807, 2.05) is 54.7 Å². The van der Waals surface area contributed by atoms with Crippen LogP contribution in [0.1, 0.15) is 30.1 Å². The number of fused-ring (bicyclic) bond motifs is 1. The number of aryl methyl sites for hydroxylation is 1. The second-order valence-corrected chi connectivity index (χ2v) is 12.8. The number of pyridine rings is 1. The van der Waals surface area contributed by atoms with Gasteiger partial charge in [0.05, 0.1) is 32.4 Å². The zero-order valence-corrected chi connectivity index (χ0v) is 26.4. The number of anilines is 1. The average molecular weight is 647 g/mol. The van der Waals surface area contributed by atoms with Crippen molar-refractivity contribution in [3.63, 3.8) is 0 Å². The molecule has 224 valence electrons. The molecule has 1 amide bonds. The standard InChI is InChI=1S/C34H29Cl2N3O4S/c1-42-24-10-14-29(30(18-24)43-2)39-32(41)19-34(44-25-11-6-21(35)7-12-25,31(40)15-9-23-5-3-4-16-37-23)33(39)27-20-38-28-17-22(36)8-13-26(27)28/h3-8,10-14,16-18,20,33,38H,9,15,19H2,1-2H3. The van der Waals surface area contributed by atoms with Crippen LogP contribution >= 0.6 is 35.0 Å². The molecule has 0 saturated carbocycles. The van der Waals surface area contributed by atoms with Crippen molar-refractivity contribution < 1.29 is 19.1 Å². The summed E-state index contributed by atoms with van der Waals surface area (Å²) in [5.74, 6) is 0.789. The molecule has 5 aromatic rings. The molecule has 1 fully saturated rings. The van der Waals surface area contributed by atoms with Crippen molar-refractivity contribution >= 4 is 63.2 Å². The van der Waals surface area contributed by atoms with Gasteiger partial charge in [-0.3, -0.25) is 19.5 Å². The van der Waals surface area contributed by atoms with Crippen molar-refractivity contribution in [2.45, 2.75) is 34.9 Å². The van der Waals surface area contributed by atoms with Crippen LogP contribution in [0.2, 0.25) is 10.0 Å². The third kappa shape index (κ3) is 5.65. The first-order chi connectivity index (χ1) is 21.3. The molecule has 10 heteroatoms. The number of hydrogen-bond donors (Lipinski definition) is 1. The van der Waals surface area contributed by atoms with Crippen molar-refractivity contribution in [3.05, 3.63) is 113 Å². The Morgan fingerprint density at radius 1 is 1.02 bits per heavy atom. The van der Waals surface area contributed by atoms with Gasteiger partial charge in [-0.1, -0.05) is 35.3 Å². The predicted molar refractivity (Wildman–Crippen MR) is 175 cm³/mol.